The highest BCUT2D eigenvalue weighted by atomic mass is 16.6. The first kappa shape index (κ1) is 8.81. The van der Waals surface area contributed by atoms with Gasteiger partial charge in [0.15, 0.2) is 0 Å². The second-order valence-corrected chi connectivity index (χ2v) is 3.88. The third-order valence-corrected chi connectivity index (χ3v) is 2.97. The Labute approximate surface area is 78.0 Å². The molecule has 0 aromatic heterocycles. The Morgan fingerprint density at radius 2 is 2.00 bits per heavy atom. The van der Waals surface area contributed by atoms with Crippen molar-refractivity contribution in [2.75, 3.05) is 13.2 Å². The highest BCUT2D eigenvalue weighted by molar-refractivity contribution is 5.69. The van der Waals surface area contributed by atoms with Crippen molar-refractivity contribution in [1.82, 2.24) is 4.90 Å². The predicted octanol–water partition coefficient (Wildman–Crippen LogP) is 0.708. The molecule has 2 fully saturated rings. The molecule has 0 aromatic carbocycles. The van der Waals surface area contributed by atoms with Gasteiger partial charge in [0, 0.05) is 12.1 Å². The lowest BCUT2D eigenvalue weighted by Crippen LogP contribution is -2.41. The Kier molecular flexibility index (Phi) is 2.40. The average molecular weight is 184 g/mol. The lowest BCUT2D eigenvalue weighted by atomic mass is 9.91. The van der Waals surface area contributed by atoms with Crippen LogP contribution in [0.5, 0.6) is 0 Å². The monoisotopic (exact) mass is 184 g/mol. The van der Waals surface area contributed by atoms with E-state index in [4.69, 9.17) is 10.5 Å². The van der Waals surface area contributed by atoms with Gasteiger partial charge >= 0.3 is 6.09 Å². The van der Waals surface area contributed by atoms with Crippen molar-refractivity contribution in [1.29, 1.82) is 0 Å². The molecule has 1 aliphatic heterocycles. The van der Waals surface area contributed by atoms with E-state index in [1.54, 1.807) is 0 Å². The van der Waals surface area contributed by atoms with Gasteiger partial charge in [-0.05, 0) is 25.7 Å². The van der Waals surface area contributed by atoms with Gasteiger partial charge < -0.3 is 15.4 Å². The fraction of sp³-hybridized carbons (Fsp3) is 0.889. The topological polar surface area (TPSA) is 55.6 Å². The highest BCUT2D eigenvalue weighted by Crippen LogP contribution is 2.24. The van der Waals surface area contributed by atoms with Gasteiger partial charge in [0.2, 0.25) is 0 Å². The molecule has 1 heterocycles. The number of amides is 1. The van der Waals surface area contributed by atoms with Crippen molar-refractivity contribution in [3.8, 4) is 0 Å². The van der Waals surface area contributed by atoms with Gasteiger partial charge in [0.05, 0.1) is 6.54 Å². The van der Waals surface area contributed by atoms with Crippen molar-refractivity contribution in [3.05, 3.63) is 0 Å². The Bertz CT molecular complexity index is 200. The zero-order valence-electron chi connectivity index (χ0n) is 7.74. The molecule has 0 radical (unpaired) electrons. The highest BCUT2D eigenvalue weighted by Gasteiger charge is 2.31. The molecule has 13 heavy (non-hydrogen) atoms. The third-order valence-electron chi connectivity index (χ3n) is 2.97. The molecule has 1 aliphatic carbocycles. The number of rotatable bonds is 1. The summed E-state index contributed by atoms with van der Waals surface area (Å²) in [6.07, 6.45) is 4.01. The number of hydrogen-bond acceptors (Lipinski definition) is 3. The van der Waals surface area contributed by atoms with E-state index in [2.05, 4.69) is 0 Å². The molecule has 74 valence electrons. The van der Waals surface area contributed by atoms with Crippen molar-refractivity contribution < 1.29 is 9.53 Å². The van der Waals surface area contributed by atoms with Crippen LogP contribution in [0.1, 0.15) is 25.7 Å². The predicted molar refractivity (Wildman–Crippen MR) is 48.3 cm³/mol. The van der Waals surface area contributed by atoms with Gasteiger partial charge in [-0.3, -0.25) is 0 Å². The minimum atomic E-state index is -0.138. The zero-order chi connectivity index (χ0) is 9.26. The lowest BCUT2D eigenvalue weighted by molar-refractivity contribution is 0.137. The lowest BCUT2D eigenvalue weighted by Gasteiger charge is -2.31. The Hall–Kier alpha value is -0.770. The van der Waals surface area contributed by atoms with Crippen LogP contribution in [0, 0.1) is 0 Å². The maximum Gasteiger partial charge on any atom is 0.410 e. The molecule has 1 saturated heterocycles. The first-order chi connectivity index (χ1) is 6.27. The van der Waals surface area contributed by atoms with Gasteiger partial charge in [0.25, 0.3) is 0 Å². The Balaban J connectivity index is 1.90. The smallest absolute Gasteiger partial charge is 0.410 e. The van der Waals surface area contributed by atoms with Crippen LogP contribution >= 0.6 is 0 Å². The summed E-state index contributed by atoms with van der Waals surface area (Å²) >= 11 is 0. The van der Waals surface area contributed by atoms with Crippen LogP contribution in [0.4, 0.5) is 4.79 Å². The van der Waals surface area contributed by atoms with Gasteiger partial charge in [-0.1, -0.05) is 0 Å². The van der Waals surface area contributed by atoms with E-state index in [1.807, 2.05) is 4.90 Å². The van der Waals surface area contributed by atoms with E-state index in [9.17, 15) is 4.79 Å². The van der Waals surface area contributed by atoms with Crippen molar-refractivity contribution >= 4 is 6.09 Å². The molecule has 4 nitrogen and oxygen atoms in total. The molecule has 0 atom stereocenters. The molecule has 0 spiro atoms. The van der Waals surface area contributed by atoms with E-state index >= 15 is 0 Å². The van der Waals surface area contributed by atoms with Crippen LogP contribution in [0.15, 0.2) is 0 Å². The van der Waals surface area contributed by atoms with E-state index < -0.39 is 0 Å². The maximum absolute atomic E-state index is 11.2. The van der Waals surface area contributed by atoms with Crippen molar-refractivity contribution in [2.45, 2.75) is 37.8 Å². The number of carbonyl (C=O) groups is 1. The number of carbonyl (C=O) groups excluding carboxylic acids is 1. The fourth-order valence-electron chi connectivity index (χ4n) is 2.15. The van der Waals surface area contributed by atoms with E-state index in [-0.39, 0.29) is 6.09 Å². The molecule has 2 rings (SSSR count). The molecular formula is C9H16N2O2. The SMILES string of the molecule is N[C@H]1CC[C@H](N2CCOC2=O)CC1. The molecule has 1 amide bonds. The second kappa shape index (κ2) is 3.54. The number of nitrogens with zero attached hydrogens (tertiary/aromatic N) is 1. The minimum absolute atomic E-state index is 0.138. The quantitative estimate of drug-likeness (QED) is 0.653. The van der Waals surface area contributed by atoms with Crippen molar-refractivity contribution in [2.24, 2.45) is 5.73 Å². The molecule has 0 aromatic rings. The number of ether oxygens (including phenoxy) is 1. The summed E-state index contributed by atoms with van der Waals surface area (Å²) in [6.45, 7) is 1.32. The zero-order valence-corrected chi connectivity index (χ0v) is 7.74. The van der Waals surface area contributed by atoms with Gasteiger partial charge in [-0.15, -0.1) is 0 Å². The van der Waals surface area contributed by atoms with Crippen LogP contribution in [0.2, 0.25) is 0 Å². The van der Waals surface area contributed by atoms with Gasteiger partial charge in [-0.25, -0.2) is 4.79 Å². The van der Waals surface area contributed by atoms with Crippen LogP contribution < -0.4 is 5.73 Å². The normalized spacial score (nSPS) is 34.8. The van der Waals surface area contributed by atoms with E-state index in [0.29, 0.717) is 18.7 Å². The first-order valence-electron chi connectivity index (χ1n) is 4.96. The molecular weight excluding hydrogens is 168 g/mol. The molecule has 0 unspecified atom stereocenters. The fourth-order valence-corrected chi connectivity index (χ4v) is 2.15. The van der Waals surface area contributed by atoms with Crippen LogP contribution in [-0.2, 0) is 4.74 Å². The first-order valence-corrected chi connectivity index (χ1v) is 4.96. The minimum Gasteiger partial charge on any atom is -0.448 e. The Morgan fingerprint density at radius 1 is 1.31 bits per heavy atom. The van der Waals surface area contributed by atoms with Crippen molar-refractivity contribution in [3.63, 3.8) is 0 Å². The Morgan fingerprint density at radius 3 is 2.54 bits per heavy atom. The molecule has 0 bridgehead atoms. The molecule has 4 heteroatoms. The van der Waals surface area contributed by atoms with Crippen LogP contribution in [0.3, 0.4) is 0 Å². The summed E-state index contributed by atoms with van der Waals surface area (Å²) in [5.41, 5.74) is 5.80. The number of nitrogens with two attached hydrogens (primary N) is 1. The van der Waals surface area contributed by atoms with Crippen LogP contribution in [-0.4, -0.2) is 36.2 Å². The van der Waals surface area contributed by atoms with Gasteiger partial charge in [0.1, 0.15) is 6.61 Å². The largest absolute Gasteiger partial charge is 0.448 e. The third kappa shape index (κ3) is 1.77. The average Bonchev–Trinajstić information content (AvgIpc) is 2.53. The number of hydrogen-bond donors (Lipinski definition) is 1. The second-order valence-electron chi connectivity index (χ2n) is 3.88. The molecule has 2 aliphatic rings. The van der Waals surface area contributed by atoms with Crippen LogP contribution in [0.25, 0.3) is 0 Å². The van der Waals surface area contributed by atoms with E-state index in [0.717, 1.165) is 32.2 Å². The molecule has 1 saturated carbocycles. The number of cyclic esters (lactones) is 1. The van der Waals surface area contributed by atoms with E-state index in [1.165, 1.54) is 0 Å². The van der Waals surface area contributed by atoms with Gasteiger partial charge in [-0.2, -0.15) is 0 Å². The maximum atomic E-state index is 11.2. The summed E-state index contributed by atoms with van der Waals surface area (Å²) in [7, 11) is 0. The summed E-state index contributed by atoms with van der Waals surface area (Å²) in [5.74, 6) is 0. The molecule has 2 N–H and O–H groups in total. The summed E-state index contributed by atoms with van der Waals surface area (Å²) < 4.78 is 4.90. The summed E-state index contributed by atoms with van der Waals surface area (Å²) in [5, 5.41) is 0. The standard InChI is InChI=1S/C9H16N2O2/c10-7-1-3-8(4-2-7)11-5-6-13-9(11)12/h7-8H,1-6,10H2/t7-,8-. The summed E-state index contributed by atoms with van der Waals surface area (Å²) in [4.78, 5) is 13.1. The summed E-state index contributed by atoms with van der Waals surface area (Å²) in [6, 6.07) is 0.727.